The first-order valence-electron chi connectivity index (χ1n) is 9.68. The van der Waals surface area contributed by atoms with Gasteiger partial charge in [-0.15, -0.1) is 0 Å². The Bertz CT molecular complexity index is 688. The smallest absolute Gasteiger partial charge is 0.378 e. The van der Waals surface area contributed by atoms with Crippen molar-refractivity contribution in [3.05, 3.63) is 29.8 Å². The van der Waals surface area contributed by atoms with E-state index in [0.717, 1.165) is 24.3 Å². The molecule has 2 aliphatic heterocycles. The van der Waals surface area contributed by atoms with E-state index in [9.17, 15) is 18.0 Å². The van der Waals surface area contributed by atoms with E-state index in [1.54, 1.807) is 13.8 Å². The lowest BCUT2D eigenvalue weighted by molar-refractivity contribution is -0.214. The number of benzene rings is 1. The molecule has 5 nitrogen and oxygen atoms in total. The van der Waals surface area contributed by atoms with Crippen LogP contribution in [0, 0.1) is 11.3 Å². The Hall–Kier alpha value is -1.96. The van der Waals surface area contributed by atoms with E-state index in [2.05, 4.69) is 10.2 Å². The summed E-state index contributed by atoms with van der Waals surface area (Å²) in [5, 5.41) is 2.89. The fraction of sp³-hybridized carbons (Fsp3) is 0.650. The van der Waals surface area contributed by atoms with Crippen LogP contribution in [0.5, 0.6) is 0 Å². The summed E-state index contributed by atoms with van der Waals surface area (Å²) in [6.45, 7) is 6.64. The van der Waals surface area contributed by atoms with Crippen LogP contribution >= 0.6 is 0 Å². The zero-order valence-electron chi connectivity index (χ0n) is 16.4. The number of likely N-dealkylation sites (tertiary alicyclic amines) is 1. The third-order valence-corrected chi connectivity index (χ3v) is 5.69. The zero-order chi connectivity index (χ0) is 20.4. The zero-order valence-corrected chi connectivity index (χ0v) is 16.4. The van der Waals surface area contributed by atoms with E-state index in [4.69, 9.17) is 4.74 Å². The highest BCUT2D eigenvalue weighted by molar-refractivity contribution is 5.74. The van der Waals surface area contributed by atoms with Gasteiger partial charge < -0.3 is 19.9 Å². The summed E-state index contributed by atoms with van der Waals surface area (Å²) < 4.78 is 45.1. The number of rotatable bonds is 3. The normalized spacial score (nSPS) is 22.8. The Morgan fingerprint density at radius 3 is 2.54 bits per heavy atom. The standard InChI is InChI=1S/C20H28F3N3O2/c1-19(2)14-26(8-7-17(19)20(21,22)23)18(27)24-13-15-5-3-4-6-16(15)25-9-11-28-12-10-25/h3-6,17H,7-14H2,1-2H3,(H,24,27). The van der Waals surface area contributed by atoms with Gasteiger partial charge in [-0.1, -0.05) is 32.0 Å². The molecule has 2 fully saturated rings. The number of hydrogen-bond acceptors (Lipinski definition) is 3. The van der Waals surface area contributed by atoms with Gasteiger partial charge in [0.2, 0.25) is 0 Å². The lowest BCUT2D eigenvalue weighted by Crippen LogP contribution is -2.54. The van der Waals surface area contributed by atoms with Crippen molar-refractivity contribution in [1.82, 2.24) is 10.2 Å². The Kier molecular flexibility index (Phi) is 6.07. The number of nitrogens with one attached hydrogen (secondary N) is 1. The van der Waals surface area contributed by atoms with Gasteiger partial charge in [0.05, 0.1) is 19.1 Å². The summed E-state index contributed by atoms with van der Waals surface area (Å²) >= 11 is 0. The first-order chi connectivity index (χ1) is 13.2. The van der Waals surface area contributed by atoms with Crippen LogP contribution in [0.1, 0.15) is 25.8 Å². The number of halogens is 3. The minimum absolute atomic E-state index is 0.0612. The monoisotopic (exact) mass is 399 g/mol. The molecule has 1 aromatic rings. The van der Waals surface area contributed by atoms with E-state index in [0.29, 0.717) is 19.8 Å². The van der Waals surface area contributed by atoms with Crippen molar-refractivity contribution in [2.24, 2.45) is 11.3 Å². The summed E-state index contributed by atoms with van der Waals surface area (Å²) in [5.41, 5.74) is 1.05. The maximum atomic E-state index is 13.2. The summed E-state index contributed by atoms with van der Waals surface area (Å²) in [6, 6.07) is 7.55. The largest absolute Gasteiger partial charge is 0.392 e. The minimum Gasteiger partial charge on any atom is -0.378 e. The molecule has 2 heterocycles. The van der Waals surface area contributed by atoms with Crippen molar-refractivity contribution >= 4 is 11.7 Å². The second-order valence-electron chi connectivity index (χ2n) is 8.18. The van der Waals surface area contributed by atoms with Crippen LogP contribution in [0.4, 0.5) is 23.7 Å². The van der Waals surface area contributed by atoms with Gasteiger partial charge in [-0.05, 0) is 23.5 Å². The molecule has 0 spiro atoms. The van der Waals surface area contributed by atoms with Gasteiger partial charge in [-0.2, -0.15) is 13.2 Å². The van der Waals surface area contributed by atoms with Gasteiger partial charge in [-0.25, -0.2) is 4.79 Å². The predicted molar refractivity (Wildman–Crippen MR) is 101 cm³/mol. The molecular weight excluding hydrogens is 371 g/mol. The van der Waals surface area contributed by atoms with Crippen molar-refractivity contribution in [2.45, 2.75) is 33.0 Å². The van der Waals surface area contributed by atoms with Crippen LogP contribution in [0.15, 0.2) is 24.3 Å². The third kappa shape index (κ3) is 4.71. The molecule has 28 heavy (non-hydrogen) atoms. The molecule has 156 valence electrons. The number of hydrogen-bond donors (Lipinski definition) is 1. The quantitative estimate of drug-likeness (QED) is 0.844. The van der Waals surface area contributed by atoms with Crippen LogP contribution in [-0.2, 0) is 11.3 Å². The fourth-order valence-electron chi connectivity index (χ4n) is 4.19. The number of anilines is 1. The molecule has 1 atom stereocenters. The molecular formula is C20H28F3N3O2. The van der Waals surface area contributed by atoms with Crippen molar-refractivity contribution < 1.29 is 22.7 Å². The molecule has 0 bridgehead atoms. The number of ether oxygens (including phenoxy) is 1. The predicted octanol–water partition coefficient (Wildman–Crippen LogP) is 3.64. The molecule has 2 amide bonds. The Balaban J connectivity index is 1.61. The van der Waals surface area contributed by atoms with Crippen LogP contribution in [0.25, 0.3) is 0 Å². The second kappa shape index (κ2) is 8.19. The first kappa shape index (κ1) is 20.8. The highest BCUT2D eigenvalue weighted by Crippen LogP contribution is 2.45. The van der Waals surface area contributed by atoms with E-state index in [-0.39, 0.29) is 25.5 Å². The summed E-state index contributed by atoms with van der Waals surface area (Å²) in [7, 11) is 0. The number of morpholine rings is 1. The highest BCUT2D eigenvalue weighted by atomic mass is 19.4. The van der Waals surface area contributed by atoms with Crippen molar-refractivity contribution in [3.8, 4) is 0 Å². The van der Waals surface area contributed by atoms with Gasteiger partial charge >= 0.3 is 12.2 Å². The maximum Gasteiger partial charge on any atom is 0.392 e. The van der Waals surface area contributed by atoms with Crippen molar-refractivity contribution in [1.29, 1.82) is 0 Å². The van der Waals surface area contributed by atoms with Gasteiger partial charge in [0.25, 0.3) is 0 Å². The highest BCUT2D eigenvalue weighted by Gasteiger charge is 2.51. The second-order valence-corrected chi connectivity index (χ2v) is 8.18. The molecule has 2 saturated heterocycles. The van der Waals surface area contributed by atoms with Crippen LogP contribution in [0.2, 0.25) is 0 Å². The molecule has 8 heteroatoms. The molecule has 1 aromatic carbocycles. The summed E-state index contributed by atoms with van der Waals surface area (Å²) in [5.74, 6) is -1.38. The average molecular weight is 399 g/mol. The number of para-hydroxylation sites is 1. The third-order valence-electron chi connectivity index (χ3n) is 5.69. The molecule has 0 aromatic heterocycles. The van der Waals surface area contributed by atoms with E-state index >= 15 is 0 Å². The van der Waals surface area contributed by atoms with Gasteiger partial charge in [0.1, 0.15) is 0 Å². The number of carbonyl (C=O) groups is 1. The number of piperidine rings is 1. The first-order valence-corrected chi connectivity index (χ1v) is 9.68. The minimum atomic E-state index is -4.23. The molecule has 2 aliphatic rings. The molecule has 1 unspecified atom stereocenters. The molecule has 3 rings (SSSR count). The van der Waals surface area contributed by atoms with E-state index in [1.807, 2.05) is 24.3 Å². The van der Waals surface area contributed by atoms with E-state index in [1.165, 1.54) is 4.90 Å². The summed E-state index contributed by atoms with van der Waals surface area (Å²) in [4.78, 5) is 16.3. The number of urea groups is 1. The number of carbonyl (C=O) groups excluding carboxylic acids is 1. The van der Waals surface area contributed by atoms with Crippen LogP contribution in [-0.4, -0.2) is 56.5 Å². The molecule has 0 aliphatic carbocycles. The Morgan fingerprint density at radius 1 is 1.21 bits per heavy atom. The number of nitrogens with zero attached hydrogens (tertiary/aromatic N) is 2. The van der Waals surface area contributed by atoms with Crippen LogP contribution in [0.3, 0.4) is 0 Å². The summed E-state index contributed by atoms with van der Waals surface area (Å²) in [6.07, 6.45) is -4.29. The maximum absolute atomic E-state index is 13.2. The SMILES string of the molecule is CC1(C)CN(C(=O)NCc2ccccc2N2CCOCC2)CCC1C(F)(F)F. The van der Waals surface area contributed by atoms with Gasteiger partial charge in [-0.3, -0.25) is 0 Å². The molecule has 1 N–H and O–H groups in total. The topological polar surface area (TPSA) is 44.8 Å². The van der Waals surface area contributed by atoms with E-state index < -0.39 is 17.5 Å². The number of alkyl halides is 3. The molecule has 0 saturated carbocycles. The Morgan fingerprint density at radius 2 is 1.89 bits per heavy atom. The fourth-order valence-corrected chi connectivity index (χ4v) is 4.19. The van der Waals surface area contributed by atoms with Gasteiger partial charge in [0, 0.05) is 38.4 Å². The van der Waals surface area contributed by atoms with Crippen molar-refractivity contribution in [3.63, 3.8) is 0 Å². The number of amides is 2. The average Bonchev–Trinajstić information content (AvgIpc) is 2.65. The lowest BCUT2D eigenvalue weighted by Gasteiger charge is -2.44. The van der Waals surface area contributed by atoms with Crippen LogP contribution < -0.4 is 10.2 Å². The lowest BCUT2D eigenvalue weighted by atomic mass is 9.73. The Labute approximate surface area is 163 Å². The van der Waals surface area contributed by atoms with Crippen molar-refractivity contribution in [2.75, 3.05) is 44.3 Å². The van der Waals surface area contributed by atoms with Gasteiger partial charge in [0.15, 0.2) is 0 Å². The molecule has 0 radical (unpaired) electrons.